The van der Waals surface area contributed by atoms with Crippen LogP contribution in [0.3, 0.4) is 0 Å². The van der Waals surface area contributed by atoms with E-state index in [9.17, 15) is 14.7 Å². The van der Waals surface area contributed by atoms with E-state index < -0.39 is 5.97 Å². The standard InChI is InChI=1S/C29H30ClNO3/c1-18-15-25(30)11-12-26(18)27(17-28(32)24-13-14-31-19(2)16-24)22-7-3-20(4-8-22)21-5-9-23(10-6-21)29(33)34/h3-4,7-8,11-16,21,23,27H,5-6,9-10,17H2,1-2H3,(H,33,34). The maximum Gasteiger partial charge on any atom is 0.306 e. The smallest absolute Gasteiger partial charge is 0.306 e. The van der Waals surface area contributed by atoms with Gasteiger partial charge in [-0.15, -0.1) is 0 Å². The van der Waals surface area contributed by atoms with E-state index in [0.717, 1.165) is 48.1 Å². The van der Waals surface area contributed by atoms with Gasteiger partial charge in [-0.05, 0) is 92.0 Å². The lowest BCUT2D eigenvalue weighted by Crippen LogP contribution is -2.20. The van der Waals surface area contributed by atoms with Crippen LogP contribution >= 0.6 is 11.6 Å². The largest absolute Gasteiger partial charge is 0.481 e. The molecule has 1 aliphatic carbocycles. The van der Waals surface area contributed by atoms with Crippen molar-refractivity contribution in [2.24, 2.45) is 5.92 Å². The number of aromatic nitrogens is 1. The number of carboxylic acid groups (broad SMARTS) is 1. The number of nitrogens with zero attached hydrogens (tertiary/aromatic N) is 1. The molecule has 1 aliphatic rings. The molecule has 176 valence electrons. The van der Waals surface area contributed by atoms with Gasteiger partial charge in [0.2, 0.25) is 0 Å². The molecule has 0 aliphatic heterocycles. The molecule has 0 radical (unpaired) electrons. The minimum absolute atomic E-state index is 0.0842. The number of pyridine rings is 1. The third-order valence-corrected chi connectivity index (χ3v) is 7.34. The van der Waals surface area contributed by atoms with Crippen LogP contribution in [0.15, 0.2) is 60.8 Å². The third-order valence-electron chi connectivity index (χ3n) is 7.10. The minimum atomic E-state index is -0.677. The van der Waals surface area contributed by atoms with Gasteiger partial charge < -0.3 is 5.11 Å². The second-order valence-corrected chi connectivity index (χ2v) is 9.86. The topological polar surface area (TPSA) is 67.3 Å². The quantitative estimate of drug-likeness (QED) is 0.369. The van der Waals surface area contributed by atoms with E-state index in [1.165, 1.54) is 5.56 Å². The van der Waals surface area contributed by atoms with Crippen LogP contribution in [0.1, 0.15) is 82.2 Å². The molecule has 1 N–H and O–H groups in total. The molecule has 1 saturated carbocycles. The zero-order chi connectivity index (χ0) is 24.2. The molecule has 3 aromatic rings. The summed E-state index contributed by atoms with van der Waals surface area (Å²) < 4.78 is 0. The molecule has 0 spiro atoms. The van der Waals surface area contributed by atoms with Crippen molar-refractivity contribution in [1.29, 1.82) is 0 Å². The van der Waals surface area contributed by atoms with E-state index in [1.807, 2.05) is 38.1 Å². The second kappa shape index (κ2) is 10.5. The van der Waals surface area contributed by atoms with Crippen molar-refractivity contribution in [2.75, 3.05) is 0 Å². The Labute approximate surface area is 206 Å². The van der Waals surface area contributed by atoms with E-state index in [1.54, 1.807) is 12.3 Å². The monoisotopic (exact) mass is 475 g/mol. The summed E-state index contributed by atoms with van der Waals surface area (Å²) >= 11 is 6.21. The zero-order valence-corrected chi connectivity index (χ0v) is 20.4. The van der Waals surface area contributed by atoms with Crippen molar-refractivity contribution in [3.05, 3.63) is 99.3 Å². The molecule has 4 rings (SSSR count). The van der Waals surface area contributed by atoms with Crippen molar-refractivity contribution in [3.8, 4) is 0 Å². The minimum Gasteiger partial charge on any atom is -0.481 e. The molecule has 1 heterocycles. The second-order valence-electron chi connectivity index (χ2n) is 9.42. The number of aryl methyl sites for hydroxylation is 2. The summed E-state index contributed by atoms with van der Waals surface area (Å²) in [5, 5.41) is 9.95. The first-order valence-electron chi connectivity index (χ1n) is 11.9. The SMILES string of the molecule is Cc1cc(C(=O)CC(c2ccc(C3CCC(C(=O)O)CC3)cc2)c2ccc(Cl)cc2C)ccn1. The van der Waals surface area contributed by atoms with Crippen LogP contribution in [0, 0.1) is 19.8 Å². The molecule has 1 unspecified atom stereocenters. The molecule has 1 fully saturated rings. The lowest BCUT2D eigenvalue weighted by Gasteiger charge is -2.27. The Hall–Kier alpha value is -2.98. The van der Waals surface area contributed by atoms with Crippen LogP contribution in [-0.4, -0.2) is 21.8 Å². The first-order valence-corrected chi connectivity index (χ1v) is 12.2. The van der Waals surface area contributed by atoms with Crippen molar-refractivity contribution in [3.63, 3.8) is 0 Å². The summed E-state index contributed by atoms with van der Waals surface area (Å²) in [6.45, 7) is 3.92. The number of carboxylic acids is 1. The molecule has 1 atom stereocenters. The number of aliphatic carboxylic acids is 1. The molecule has 0 amide bonds. The lowest BCUT2D eigenvalue weighted by atomic mass is 9.78. The molecule has 4 nitrogen and oxygen atoms in total. The third kappa shape index (κ3) is 5.56. The fraction of sp³-hybridized carbons (Fsp3) is 0.345. The van der Waals surface area contributed by atoms with Crippen LogP contribution in [-0.2, 0) is 4.79 Å². The van der Waals surface area contributed by atoms with Crippen LogP contribution in [0.5, 0.6) is 0 Å². The normalized spacial score (nSPS) is 18.9. The van der Waals surface area contributed by atoms with Gasteiger partial charge in [0.05, 0.1) is 5.92 Å². The van der Waals surface area contributed by atoms with E-state index in [0.29, 0.717) is 22.9 Å². The van der Waals surface area contributed by atoms with Gasteiger partial charge in [0.1, 0.15) is 0 Å². The van der Waals surface area contributed by atoms with Crippen LogP contribution < -0.4 is 0 Å². The Morgan fingerprint density at radius 3 is 2.32 bits per heavy atom. The van der Waals surface area contributed by atoms with Gasteiger partial charge in [-0.1, -0.05) is 41.9 Å². The van der Waals surface area contributed by atoms with Gasteiger partial charge in [-0.25, -0.2) is 0 Å². The Morgan fingerprint density at radius 2 is 1.71 bits per heavy atom. The molecule has 0 bridgehead atoms. The Bertz CT molecular complexity index is 1180. The van der Waals surface area contributed by atoms with E-state index >= 15 is 0 Å². The van der Waals surface area contributed by atoms with Gasteiger partial charge in [0.15, 0.2) is 5.78 Å². The molecule has 0 saturated heterocycles. The highest BCUT2D eigenvalue weighted by Crippen LogP contribution is 2.38. The summed E-state index contributed by atoms with van der Waals surface area (Å²) in [5.74, 6) is -0.502. The molecule has 34 heavy (non-hydrogen) atoms. The number of ketones is 1. The maximum absolute atomic E-state index is 13.2. The Balaban J connectivity index is 1.60. The number of rotatable bonds is 7. The summed E-state index contributed by atoms with van der Waals surface area (Å²) in [7, 11) is 0. The van der Waals surface area contributed by atoms with E-state index in [4.69, 9.17) is 11.6 Å². The van der Waals surface area contributed by atoms with E-state index in [-0.39, 0.29) is 17.6 Å². The molecule has 1 aromatic heterocycles. The first kappa shape index (κ1) is 24.2. The predicted octanol–water partition coefficient (Wildman–Crippen LogP) is 7.12. The zero-order valence-electron chi connectivity index (χ0n) is 19.6. The predicted molar refractivity (Wildman–Crippen MR) is 135 cm³/mol. The van der Waals surface area contributed by atoms with Crippen LogP contribution in [0.25, 0.3) is 0 Å². The maximum atomic E-state index is 13.2. The highest BCUT2D eigenvalue weighted by atomic mass is 35.5. The number of carbonyl (C=O) groups is 2. The van der Waals surface area contributed by atoms with Gasteiger partial charge >= 0.3 is 5.97 Å². The van der Waals surface area contributed by atoms with Crippen molar-refractivity contribution < 1.29 is 14.7 Å². The highest BCUT2D eigenvalue weighted by molar-refractivity contribution is 6.30. The van der Waals surface area contributed by atoms with Gasteiger partial charge in [-0.2, -0.15) is 0 Å². The van der Waals surface area contributed by atoms with Crippen LogP contribution in [0.2, 0.25) is 5.02 Å². The summed E-state index contributed by atoms with van der Waals surface area (Å²) in [6, 6.07) is 18.0. The summed E-state index contributed by atoms with van der Waals surface area (Å²) in [6.07, 6.45) is 5.29. The Morgan fingerprint density at radius 1 is 1.00 bits per heavy atom. The van der Waals surface area contributed by atoms with Crippen molar-refractivity contribution >= 4 is 23.4 Å². The van der Waals surface area contributed by atoms with Gasteiger partial charge in [0, 0.05) is 34.8 Å². The average molecular weight is 476 g/mol. The molecular weight excluding hydrogens is 446 g/mol. The van der Waals surface area contributed by atoms with Gasteiger partial charge in [0.25, 0.3) is 0 Å². The Kier molecular flexibility index (Phi) is 7.47. The van der Waals surface area contributed by atoms with E-state index in [2.05, 4.69) is 29.2 Å². The number of benzene rings is 2. The summed E-state index contributed by atoms with van der Waals surface area (Å²) in [4.78, 5) is 28.7. The lowest BCUT2D eigenvalue weighted by molar-refractivity contribution is -0.142. The molecule has 2 aromatic carbocycles. The number of hydrogen-bond donors (Lipinski definition) is 1. The van der Waals surface area contributed by atoms with Gasteiger partial charge in [-0.3, -0.25) is 14.6 Å². The fourth-order valence-corrected chi connectivity index (χ4v) is 5.36. The number of hydrogen-bond acceptors (Lipinski definition) is 3. The highest BCUT2D eigenvalue weighted by Gasteiger charge is 2.27. The fourth-order valence-electron chi connectivity index (χ4n) is 5.13. The number of carbonyl (C=O) groups excluding carboxylic acids is 1. The van der Waals surface area contributed by atoms with Crippen molar-refractivity contribution in [2.45, 2.75) is 57.8 Å². The number of Topliss-reactive ketones (excluding diaryl/α,β-unsaturated/α-hetero) is 1. The number of halogens is 1. The summed E-state index contributed by atoms with van der Waals surface area (Å²) in [5.41, 5.74) is 6.00. The average Bonchev–Trinajstić information content (AvgIpc) is 2.83. The molecular formula is C29H30ClNO3. The molecule has 5 heteroatoms. The van der Waals surface area contributed by atoms with Crippen molar-refractivity contribution in [1.82, 2.24) is 4.98 Å². The first-order chi connectivity index (χ1) is 16.3. The van der Waals surface area contributed by atoms with Crippen LogP contribution in [0.4, 0.5) is 0 Å².